The molecule has 0 fully saturated rings. The standard InChI is InChI=1S/C27H27N3O4S/c1-4-9-20-10-5-7-12-22(20)33-14-15-34-26-23(31-2)16-19(17-24(26)32-3)18-28-30-27-29-21-11-6-8-13-25(21)35-27/h4-8,10-13,16-18H,1,9,14-15H2,2-3H3,(H,29,30)/b28-18+. The van der Waals surface area contributed by atoms with E-state index >= 15 is 0 Å². The zero-order valence-electron chi connectivity index (χ0n) is 19.7. The zero-order chi connectivity index (χ0) is 24.5. The van der Waals surface area contributed by atoms with Crippen molar-refractivity contribution in [1.29, 1.82) is 0 Å². The quantitative estimate of drug-likeness (QED) is 0.115. The Labute approximate surface area is 208 Å². The molecule has 0 aliphatic heterocycles. The Bertz CT molecular complexity index is 1260. The Balaban J connectivity index is 1.40. The molecular formula is C27H27N3O4S. The minimum Gasteiger partial charge on any atom is -0.493 e. The molecule has 0 spiro atoms. The average molecular weight is 490 g/mol. The van der Waals surface area contributed by atoms with Gasteiger partial charge < -0.3 is 18.9 Å². The molecule has 0 bridgehead atoms. The summed E-state index contributed by atoms with van der Waals surface area (Å²) in [7, 11) is 3.17. The number of aromatic nitrogens is 1. The molecule has 0 saturated heterocycles. The minimum atomic E-state index is 0.321. The van der Waals surface area contributed by atoms with Gasteiger partial charge in [0, 0.05) is 5.56 Å². The monoisotopic (exact) mass is 489 g/mol. The van der Waals surface area contributed by atoms with Crippen molar-refractivity contribution in [1.82, 2.24) is 4.98 Å². The van der Waals surface area contributed by atoms with Gasteiger partial charge in [-0.05, 0) is 42.3 Å². The van der Waals surface area contributed by atoms with Crippen molar-refractivity contribution in [3.63, 3.8) is 0 Å². The van der Waals surface area contributed by atoms with E-state index in [0.717, 1.165) is 38.6 Å². The molecule has 8 heteroatoms. The van der Waals surface area contributed by atoms with Gasteiger partial charge in [0.25, 0.3) is 0 Å². The molecule has 0 atom stereocenters. The van der Waals surface area contributed by atoms with Gasteiger partial charge in [-0.25, -0.2) is 4.98 Å². The minimum absolute atomic E-state index is 0.321. The van der Waals surface area contributed by atoms with E-state index < -0.39 is 0 Å². The lowest BCUT2D eigenvalue weighted by Crippen LogP contribution is -2.11. The van der Waals surface area contributed by atoms with Crippen LogP contribution in [0.2, 0.25) is 0 Å². The summed E-state index contributed by atoms with van der Waals surface area (Å²) in [5, 5.41) is 5.03. The fourth-order valence-corrected chi connectivity index (χ4v) is 4.28. The highest BCUT2D eigenvalue weighted by Crippen LogP contribution is 2.38. The van der Waals surface area contributed by atoms with Gasteiger partial charge in [-0.15, -0.1) is 6.58 Å². The van der Waals surface area contributed by atoms with Crippen molar-refractivity contribution in [2.75, 3.05) is 32.9 Å². The lowest BCUT2D eigenvalue weighted by molar-refractivity contribution is 0.204. The number of anilines is 1. The molecule has 7 nitrogen and oxygen atoms in total. The number of allylic oxidation sites excluding steroid dienone is 1. The number of para-hydroxylation sites is 2. The maximum atomic E-state index is 5.97. The maximum Gasteiger partial charge on any atom is 0.204 e. The van der Waals surface area contributed by atoms with Gasteiger partial charge in [0.15, 0.2) is 11.5 Å². The first-order chi connectivity index (χ1) is 17.2. The van der Waals surface area contributed by atoms with Crippen LogP contribution in [0.4, 0.5) is 5.13 Å². The van der Waals surface area contributed by atoms with Crippen LogP contribution < -0.4 is 24.4 Å². The largest absolute Gasteiger partial charge is 0.493 e. The summed E-state index contributed by atoms with van der Waals surface area (Å²) in [6.07, 6.45) is 4.28. The van der Waals surface area contributed by atoms with Crippen LogP contribution in [0.5, 0.6) is 23.0 Å². The molecule has 0 aliphatic rings. The first kappa shape index (κ1) is 24.1. The third kappa shape index (κ3) is 6.10. The van der Waals surface area contributed by atoms with Crippen LogP contribution >= 0.6 is 11.3 Å². The molecule has 3 aromatic carbocycles. The van der Waals surface area contributed by atoms with E-state index in [-0.39, 0.29) is 0 Å². The van der Waals surface area contributed by atoms with Crippen molar-refractivity contribution >= 4 is 32.9 Å². The van der Waals surface area contributed by atoms with Crippen LogP contribution in [0.1, 0.15) is 11.1 Å². The van der Waals surface area contributed by atoms with Crippen molar-refractivity contribution in [2.45, 2.75) is 6.42 Å². The zero-order valence-corrected chi connectivity index (χ0v) is 20.5. The molecule has 180 valence electrons. The first-order valence-corrected chi connectivity index (χ1v) is 11.9. The average Bonchev–Trinajstić information content (AvgIpc) is 3.30. The fraction of sp³-hybridized carbons (Fsp3) is 0.185. The summed E-state index contributed by atoms with van der Waals surface area (Å²) >= 11 is 1.54. The van der Waals surface area contributed by atoms with Gasteiger partial charge in [-0.3, -0.25) is 5.43 Å². The Morgan fingerprint density at radius 2 is 1.66 bits per heavy atom. The second-order valence-electron chi connectivity index (χ2n) is 7.41. The number of hydrogen-bond acceptors (Lipinski definition) is 8. The number of hydrogen-bond donors (Lipinski definition) is 1. The lowest BCUT2D eigenvalue weighted by Gasteiger charge is -2.16. The molecular weight excluding hydrogens is 462 g/mol. The van der Waals surface area contributed by atoms with Crippen LogP contribution in [-0.4, -0.2) is 38.6 Å². The predicted molar refractivity (Wildman–Crippen MR) is 142 cm³/mol. The SMILES string of the molecule is C=CCc1ccccc1OCCOc1c(OC)cc(/C=N/Nc2nc3ccccc3s2)cc1OC. The molecule has 0 aliphatic carbocycles. The summed E-state index contributed by atoms with van der Waals surface area (Å²) in [4.78, 5) is 4.51. The van der Waals surface area contributed by atoms with Gasteiger partial charge in [0.2, 0.25) is 10.9 Å². The third-order valence-electron chi connectivity index (χ3n) is 5.07. The molecule has 0 amide bonds. The van der Waals surface area contributed by atoms with E-state index in [1.54, 1.807) is 31.8 Å². The lowest BCUT2D eigenvalue weighted by atomic mass is 10.1. The smallest absolute Gasteiger partial charge is 0.204 e. The van der Waals surface area contributed by atoms with Crippen molar-refractivity contribution < 1.29 is 18.9 Å². The first-order valence-electron chi connectivity index (χ1n) is 11.1. The topological polar surface area (TPSA) is 74.2 Å². The summed E-state index contributed by atoms with van der Waals surface area (Å²) in [6.45, 7) is 4.49. The van der Waals surface area contributed by atoms with Crippen LogP contribution in [0, 0.1) is 0 Å². The molecule has 1 N–H and O–H groups in total. The van der Waals surface area contributed by atoms with Gasteiger partial charge in [-0.2, -0.15) is 5.10 Å². The number of fused-ring (bicyclic) bond motifs is 1. The number of ether oxygens (including phenoxy) is 4. The van der Waals surface area contributed by atoms with Crippen molar-refractivity contribution in [3.05, 3.63) is 84.4 Å². The van der Waals surface area contributed by atoms with E-state index in [4.69, 9.17) is 18.9 Å². The molecule has 4 aromatic rings. The number of thiazole rings is 1. The van der Waals surface area contributed by atoms with Crippen LogP contribution in [0.25, 0.3) is 10.2 Å². The summed E-state index contributed by atoms with van der Waals surface area (Å²) < 4.78 is 24.1. The van der Waals surface area contributed by atoms with Gasteiger partial charge in [0.1, 0.15) is 19.0 Å². The summed E-state index contributed by atoms with van der Waals surface area (Å²) in [6, 6.07) is 19.5. The number of rotatable bonds is 12. The van der Waals surface area contributed by atoms with Crippen molar-refractivity contribution in [3.8, 4) is 23.0 Å². The van der Waals surface area contributed by atoms with E-state index in [2.05, 4.69) is 22.1 Å². The summed E-state index contributed by atoms with van der Waals surface area (Å²) in [5.41, 5.74) is 5.79. The molecule has 1 heterocycles. The third-order valence-corrected chi connectivity index (χ3v) is 6.02. The highest BCUT2D eigenvalue weighted by atomic mass is 32.1. The normalized spacial score (nSPS) is 10.9. The molecule has 1 aromatic heterocycles. The molecule has 0 unspecified atom stereocenters. The van der Waals surface area contributed by atoms with Crippen molar-refractivity contribution in [2.24, 2.45) is 5.10 Å². The molecule has 4 rings (SSSR count). The van der Waals surface area contributed by atoms with Gasteiger partial charge in [0.05, 0.1) is 30.7 Å². The maximum absolute atomic E-state index is 5.97. The molecule has 0 saturated carbocycles. The van der Waals surface area contributed by atoms with E-state index in [0.29, 0.717) is 30.5 Å². The van der Waals surface area contributed by atoms with Crippen LogP contribution in [0.15, 0.2) is 78.4 Å². The predicted octanol–water partition coefficient (Wildman–Crippen LogP) is 5.95. The highest BCUT2D eigenvalue weighted by molar-refractivity contribution is 7.22. The van der Waals surface area contributed by atoms with Gasteiger partial charge in [-0.1, -0.05) is 47.7 Å². The number of methoxy groups -OCH3 is 2. The Morgan fingerprint density at radius 1 is 0.943 bits per heavy atom. The van der Waals surface area contributed by atoms with Crippen LogP contribution in [0.3, 0.4) is 0 Å². The molecule has 0 radical (unpaired) electrons. The number of nitrogens with zero attached hydrogens (tertiary/aromatic N) is 2. The fourth-order valence-electron chi connectivity index (χ4n) is 3.46. The van der Waals surface area contributed by atoms with Gasteiger partial charge >= 0.3 is 0 Å². The molecule has 35 heavy (non-hydrogen) atoms. The number of benzene rings is 3. The Morgan fingerprint density at radius 3 is 2.40 bits per heavy atom. The summed E-state index contributed by atoms with van der Waals surface area (Å²) in [5.74, 6) is 2.41. The Hall–Kier alpha value is -4.04. The van der Waals surface area contributed by atoms with Crippen LogP contribution in [-0.2, 0) is 6.42 Å². The number of nitrogens with one attached hydrogen (secondary N) is 1. The highest BCUT2D eigenvalue weighted by Gasteiger charge is 2.14. The number of hydrazone groups is 1. The second kappa shape index (κ2) is 11.9. The van der Waals surface area contributed by atoms with E-state index in [9.17, 15) is 0 Å². The van der Waals surface area contributed by atoms with E-state index in [1.165, 1.54) is 0 Å². The second-order valence-corrected chi connectivity index (χ2v) is 8.44. The van der Waals surface area contributed by atoms with E-state index in [1.807, 2.05) is 66.7 Å². The Kier molecular flexibility index (Phi) is 8.19.